The van der Waals surface area contributed by atoms with Crippen LogP contribution in [-0.4, -0.2) is 29.9 Å². The fourth-order valence-electron chi connectivity index (χ4n) is 2.35. The topological polar surface area (TPSA) is 84.3 Å². The van der Waals surface area contributed by atoms with Crippen LogP contribution in [0.25, 0.3) is 17.1 Å². The summed E-state index contributed by atoms with van der Waals surface area (Å²) in [7, 11) is -3.90. The molecule has 0 spiro atoms. The number of para-hydroxylation sites is 2. The predicted molar refractivity (Wildman–Crippen MR) is 119 cm³/mol. The molecular formula is C21H20N4O2S2. The number of fused-ring (bicyclic) bond motifs is 1. The van der Waals surface area contributed by atoms with Crippen LogP contribution in [0.15, 0.2) is 76.0 Å². The molecule has 0 amide bonds. The van der Waals surface area contributed by atoms with E-state index in [1.807, 2.05) is 42.5 Å². The Kier molecular flexibility index (Phi) is 6.82. The minimum atomic E-state index is -3.90. The van der Waals surface area contributed by atoms with Crippen molar-refractivity contribution in [1.82, 2.24) is 14.7 Å². The molecule has 0 bridgehead atoms. The van der Waals surface area contributed by atoms with Crippen LogP contribution in [-0.2, 0) is 10.2 Å². The van der Waals surface area contributed by atoms with Crippen LogP contribution < -0.4 is 4.72 Å². The lowest BCUT2D eigenvalue weighted by molar-refractivity contribution is 0.593. The lowest BCUT2D eigenvalue weighted by atomic mass is 10.2. The van der Waals surface area contributed by atoms with Crippen LogP contribution in [0.1, 0.15) is 25.1 Å². The molecule has 0 saturated carbocycles. The largest absolute Gasteiger partial charge is 0.342 e. The summed E-state index contributed by atoms with van der Waals surface area (Å²) in [6.45, 7) is 4.28. The summed E-state index contributed by atoms with van der Waals surface area (Å²) in [5, 5.41) is 0.520. The van der Waals surface area contributed by atoms with Gasteiger partial charge < -0.3 is 0 Å². The molecule has 2 aromatic carbocycles. The Morgan fingerprint density at radius 2 is 1.83 bits per heavy atom. The first-order valence-corrected chi connectivity index (χ1v) is 11.2. The number of hydrogen-bond acceptors (Lipinski definition) is 5. The van der Waals surface area contributed by atoms with E-state index in [0.29, 0.717) is 16.5 Å². The summed E-state index contributed by atoms with van der Waals surface area (Å²) >= 11 is 1.78. The standard InChI is InChI=1S/C21H20N4O2S2/c1-16(2)28-19-11-9-17(10-12-19)6-5-13-23-29(26,27)24-15-18-14-22-20-7-3-4-8-21(20)25-18/h3-4,6-16,23H,1-2H3. The Balaban J connectivity index is 1.62. The second kappa shape index (κ2) is 9.52. The zero-order chi connectivity index (χ0) is 20.7. The lowest BCUT2D eigenvalue weighted by Crippen LogP contribution is -2.14. The molecule has 0 aliphatic rings. The zero-order valence-corrected chi connectivity index (χ0v) is 17.6. The predicted octanol–water partition coefficient (Wildman–Crippen LogP) is 4.21. The molecule has 0 unspecified atom stereocenters. The second-order valence-corrected chi connectivity index (χ2v) is 9.35. The monoisotopic (exact) mass is 424 g/mol. The molecule has 1 aromatic heterocycles. The van der Waals surface area contributed by atoms with Crippen molar-refractivity contribution in [1.29, 1.82) is 0 Å². The highest BCUT2D eigenvalue weighted by molar-refractivity contribution is 7.99. The fourth-order valence-corrected chi connectivity index (χ4v) is 3.71. The van der Waals surface area contributed by atoms with Crippen molar-refractivity contribution >= 4 is 45.3 Å². The molecule has 8 heteroatoms. The van der Waals surface area contributed by atoms with Gasteiger partial charge in [-0.15, -0.1) is 17.5 Å². The van der Waals surface area contributed by atoms with Crippen LogP contribution in [0.4, 0.5) is 0 Å². The van der Waals surface area contributed by atoms with Crippen molar-refractivity contribution in [2.75, 3.05) is 0 Å². The van der Waals surface area contributed by atoms with E-state index >= 15 is 0 Å². The highest BCUT2D eigenvalue weighted by atomic mass is 32.2. The normalized spacial score (nSPS) is 11.6. The quantitative estimate of drug-likeness (QED) is 0.349. The van der Waals surface area contributed by atoms with Gasteiger partial charge in [0.05, 0.1) is 29.6 Å². The average Bonchev–Trinajstić information content (AvgIpc) is 2.70. The van der Waals surface area contributed by atoms with E-state index < -0.39 is 10.2 Å². The van der Waals surface area contributed by atoms with Gasteiger partial charge >= 0.3 is 10.2 Å². The molecular weight excluding hydrogens is 404 g/mol. The number of thioether (sulfide) groups is 1. The number of nitrogens with zero attached hydrogens (tertiary/aromatic N) is 3. The number of nitrogens with one attached hydrogen (secondary N) is 1. The summed E-state index contributed by atoms with van der Waals surface area (Å²) in [6.07, 6.45) is 5.52. The van der Waals surface area contributed by atoms with Gasteiger partial charge in [0, 0.05) is 10.1 Å². The van der Waals surface area contributed by atoms with Gasteiger partial charge in [-0.2, -0.15) is 12.8 Å². The van der Waals surface area contributed by atoms with Gasteiger partial charge in [0.15, 0.2) is 0 Å². The Hall–Kier alpha value is -2.93. The SMILES string of the molecule is CC(C)Sc1ccc(C=C=CNS(=O)(=O)N=Cc2cnc3ccccc3n2)cc1. The molecule has 1 N–H and O–H groups in total. The number of rotatable bonds is 7. The van der Waals surface area contributed by atoms with E-state index in [1.54, 1.807) is 23.9 Å². The molecule has 1 heterocycles. The maximum absolute atomic E-state index is 12.0. The summed E-state index contributed by atoms with van der Waals surface area (Å²) in [6, 6.07) is 15.3. The highest BCUT2D eigenvalue weighted by Crippen LogP contribution is 2.23. The number of hydrogen-bond donors (Lipinski definition) is 1. The van der Waals surface area contributed by atoms with Crippen molar-refractivity contribution in [3.8, 4) is 0 Å². The minimum Gasteiger partial charge on any atom is -0.265 e. The van der Waals surface area contributed by atoms with Gasteiger partial charge in [-0.1, -0.05) is 38.1 Å². The third-order valence-corrected chi connectivity index (χ3v) is 5.40. The Labute approximate surface area is 174 Å². The van der Waals surface area contributed by atoms with Gasteiger partial charge in [0.2, 0.25) is 0 Å². The fraction of sp³-hybridized carbons (Fsp3) is 0.143. The van der Waals surface area contributed by atoms with E-state index in [2.05, 4.69) is 38.7 Å². The molecule has 148 valence electrons. The van der Waals surface area contributed by atoms with Gasteiger partial charge in [0.1, 0.15) is 5.69 Å². The molecule has 0 aliphatic heterocycles. The molecule has 29 heavy (non-hydrogen) atoms. The highest BCUT2D eigenvalue weighted by Gasteiger charge is 2.03. The molecule has 0 fully saturated rings. The van der Waals surface area contributed by atoms with Crippen LogP contribution in [0.3, 0.4) is 0 Å². The Morgan fingerprint density at radius 1 is 1.10 bits per heavy atom. The summed E-state index contributed by atoms with van der Waals surface area (Å²) < 4.78 is 29.8. The first-order valence-electron chi connectivity index (χ1n) is 8.88. The molecule has 3 aromatic rings. The van der Waals surface area contributed by atoms with E-state index in [1.165, 1.54) is 17.3 Å². The maximum Gasteiger partial charge on any atom is 0.342 e. The van der Waals surface area contributed by atoms with Crippen molar-refractivity contribution in [2.45, 2.75) is 24.0 Å². The molecule has 0 radical (unpaired) electrons. The molecule has 3 rings (SSSR count). The third-order valence-electron chi connectivity index (χ3n) is 3.58. The lowest BCUT2D eigenvalue weighted by Gasteiger charge is -2.04. The van der Waals surface area contributed by atoms with Crippen molar-refractivity contribution in [3.63, 3.8) is 0 Å². The Bertz CT molecular complexity index is 1180. The Morgan fingerprint density at radius 3 is 2.55 bits per heavy atom. The molecule has 0 aliphatic carbocycles. The first kappa shape index (κ1) is 20.8. The first-order chi connectivity index (χ1) is 13.9. The van der Waals surface area contributed by atoms with Gasteiger partial charge in [-0.25, -0.2) is 4.98 Å². The second-order valence-electron chi connectivity index (χ2n) is 6.30. The number of aromatic nitrogens is 2. The van der Waals surface area contributed by atoms with Gasteiger partial charge in [-0.3, -0.25) is 9.71 Å². The summed E-state index contributed by atoms with van der Waals surface area (Å²) in [5.41, 5.74) is 5.47. The van der Waals surface area contributed by atoms with Gasteiger partial charge in [-0.05, 0) is 35.9 Å². The molecule has 0 saturated heterocycles. The zero-order valence-electron chi connectivity index (χ0n) is 16.0. The van der Waals surface area contributed by atoms with Crippen LogP contribution in [0.5, 0.6) is 0 Å². The van der Waals surface area contributed by atoms with Crippen molar-refractivity contribution < 1.29 is 8.42 Å². The van der Waals surface area contributed by atoms with E-state index in [4.69, 9.17) is 0 Å². The summed E-state index contributed by atoms with van der Waals surface area (Å²) in [4.78, 5) is 9.71. The maximum atomic E-state index is 12.0. The van der Waals surface area contributed by atoms with Crippen molar-refractivity contribution in [2.24, 2.45) is 4.40 Å². The minimum absolute atomic E-state index is 0.355. The summed E-state index contributed by atoms with van der Waals surface area (Å²) in [5.74, 6) is 0. The van der Waals surface area contributed by atoms with Crippen molar-refractivity contribution in [3.05, 3.63) is 77.9 Å². The van der Waals surface area contributed by atoms with Crippen LogP contribution in [0.2, 0.25) is 0 Å². The molecule has 6 nitrogen and oxygen atoms in total. The van der Waals surface area contributed by atoms with E-state index in [9.17, 15) is 8.42 Å². The van der Waals surface area contributed by atoms with Gasteiger partial charge in [0.25, 0.3) is 0 Å². The van der Waals surface area contributed by atoms with Crippen LogP contribution in [0, 0.1) is 0 Å². The van der Waals surface area contributed by atoms with Crippen LogP contribution >= 0.6 is 11.8 Å². The smallest absolute Gasteiger partial charge is 0.265 e. The number of benzene rings is 2. The van der Waals surface area contributed by atoms with E-state index in [0.717, 1.165) is 17.3 Å². The average molecular weight is 425 g/mol. The van der Waals surface area contributed by atoms with E-state index in [-0.39, 0.29) is 0 Å². The molecule has 0 atom stereocenters. The third kappa shape index (κ3) is 6.57.